The second kappa shape index (κ2) is 9.23. The van der Waals surface area contributed by atoms with E-state index in [1.165, 1.54) is 31.3 Å². The topological polar surface area (TPSA) is 50.4 Å². The van der Waals surface area contributed by atoms with Crippen LogP contribution in [0.15, 0.2) is 35.9 Å². The molecule has 23 heavy (non-hydrogen) atoms. The van der Waals surface area contributed by atoms with Crippen molar-refractivity contribution >= 4 is 11.6 Å². The fourth-order valence-corrected chi connectivity index (χ4v) is 2.70. The first kappa shape index (κ1) is 17.4. The highest BCUT2D eigenvalue weighted by Gasteiger charge is 2.08. The summed E-state index contributed by atoms with van der Waals surface area (Å²) in [5.41, 5.74) is 2.34. The molecule has 2 N–H and O–H groups in total. The van der Waals surface area contributed by atoms with Crippen LogP contribution in [-0.2, 0) is 4.79 Å². The molecule has 0 aliphatic heterocycles. The molecule has 0 heterocycles. The summed E-state index contributed by atoms with van der Waals surface area (Å²) in [7, 11) is 0. The van der Waals surface area contributed by atoms with Gasteiger partial charge in [0.1, 0.15) is 5.75 Å². The largest absolute Gasteiger partial charge is 0.489 e. The highest BCUT2D eigenvalue weighted by molar-refractivity contribution is 5.81. The van der Waals surface area contributed by atoms with Crippen LogP contribution in [0.3, 0.4) is 0 Å². The summed E-state index contributed by atoms with van der Waals surface area (Å²) in [6.07, 6.45) is 8.37. The van der Waals surface area contributed by atoms with Gasteiger partial charge in [-0.2, -0.15) is 0 Å². The first-order valence-corrected chi connectivity index (χ1v) is 8.59. The molecule has 126 valence electrons. The molecule has 1 aromatic rings. The normalized spacial score (nSPS) is 14.3. The smallest absolute Gasteiger partial charge is 0.239 e. The van der Waals surface area contributed by atoms with Gasteiger partial charge in [-0.05, 0) is 58.1 Å². The van der Waals surface area contributed by atoms with E-state index in [2.05, 4.69) is 16.7 Å². The second-order valence-electron chi connectivity index (χ2n) is 6.22. The van der Waals surface area contributed by atoms with Crippen molar-refractivity contribution in [2.24, 2.45) is 0 Å². The molecule has 1 amide bonds. The molecule has 2 rings (SSSR count). The summed E-state index contributed by atoms with van der Waals surface area (Å²) in [6.45, 7) is 4.96. The van der Waals surface area contributed by atoms with Crippen molar-refractivity contribution in [1.82, 2.24) is 5.32 Å². The van der Waals surface area contributed by atoms with Crippen LogP contribution in [0.4, 0.5) is 5.69 Å². The molecular weight excluding hydrogens is 288 g/mol. The van der Waals surface area contributed by atoms with Gasteiger partial charge < -0.3 is 15.4 Å². The minimum Gasteiger partial charge on any atom is -0.489 e. The Balaban J connectivity index is 1.72. The molecule has 1 aliphatic carbocycles. The van der Waals surface area contributed by atoms with Crippen molar-refractivity contribution in [2.45, 2.75) is 52.1 Å². The lowest BCUT2D eigenvalue weighted by molar-refractivity contribution is -0.119. The van der Waals surface area contributed by atoms with Crippen LogP contribution in [0.25, 0.3) is 0 Å². The average Bonchev–Trinajstić information content (AvgIpc) is 2.54. The van der Waals surface area contributed by atoms with E-state index in [4.69, 9.17) is 4.74 Å². The maximum atomic E-state index is 12.0. The lowest BCUT2D eigenvalue weighted by Crippen LogP contribution is -2.31. The molecule has 0 saturated heterocycles. The Labute approximate surface area is 139 Å². The summed E-state index contributed by atoms with van der Waals surface area (Å²) in [4.78, 5) is 12.0. The van der Waals surface area contributed by atoms with Gasteiger partial charge >= 0.3 is 0 Å². The van der Waals surface area contributed by atoms with E-state index >= 15 is 0 Å². The number of anilines is 1. The fourth-order valence-electron chi connectivity index (χ4n) is 2.70. The van der Waals surface area contributed by atoms with Gasteiger partial charge in [-0.3, -0.25) is 4.79 Å². The second-order valence-corrected chi connectivity index (χ2v) is 6.22. The van der Waals surface area contributed by atoms with Crippen LogP contribution in [-0.4, -0.2) is 25.1 Å². The molecule has 0 atom stereocenters. The lowest BCUT2D eigenvalue weighted by atomic mass is 9.97. The highest BCUT2D eigenvalue weighted by atomic mass is 16.5. The van der Waals surface area contributed by atoms with Crippen molar-refractivity contribution in [3.05, 3.63) is 35.9 Å². The molecule has 1 aliphatic rings. The minimum atomic E-state index is 0.0146. The number of hydrogen-bond donors (Lipinski definition) is 2. The van der Waals surface area contributed by atoms with Crippen molar-refractivity contribution in [2.75, 3.05) is 18.4 Å². The number of allylic oxidation sites excluding steroid dienone is 1. The number of benzene rings is 1. The Hall–Kier alpha value is -1.97. The lowest BCUT2D eigenvalue weighted by Gasteiger charge is -2.16. The fraction of sp³-hybridized carbons (Fsp3) is 0.526. The Morgan fingerprint density at radius 2 is 2.09 bits per heavy atom. The molecule has 0 fully saturated rings. The molecule has 1 aromatic carbocycles. The number of rotatable bonds is 8. The predicted molar refractivity (Wildman–Crippen MR) is 94.9 cm³/mol. The molecular formula is C19H28N2O2. The van der Waals surface area contributed by atoms with E-state index in [1.807, 2.05) is 38.1 Å². The molecule has 0 radical (unpaired) electrons. The molecule has 4 heteroatoms. The Bertz CT molecular complexity index is 538. The van der Waals surface area contributed by atoms with Gasteiger partial charge in [-0.15, -0.1) is 0 Å². The van der Waals surface area contributed by atoms with Gasteiger partial charge in [-0.1, -0.05) is 23.8 Å². The molecule has 0 unspecified atom stereocenters. The summed E-state index contributed by atoms with van der Waals surface area (Å²) in [5, 5.41) is 6.13. The van der Waals surface area contributed by atoms with Crippen LogP contribution >= 0.6 is 0 Å². The van der Waals surface area contributed by atoms with E-state index in [0.29, 0.717) is 0 Å². The van der Waals surface area contributed by atoms with E-state index in [-0.39, 0.29) is 18.6 Å². The van der Waals surface area contributed by atoms with Crippen molar-refractivity contribution in [1.29, 1.82) is 0 Å². The Morgan fingerprint density at radius 3 is 2.83 bits per heavy atom. The van der Waals surface area contributed by atoms with Gasteiger partial charge in [0.05, 0.1) is 18.3 Å². The van der Waals surface area contributed by atoms with Crippen molar-refractivity contribution in [3.63, 3.8) is 0 Å². The van der Waals surface area contributed by atoms with Crippen LogP contribution < -0.4 is 15.4 Å². The third-order valence-electron chi connectivity index (χ3n) is 3.84. The monoisotopic (exact) mass is 316 g/mol. The zero-order valence-electron chi connectivity index (χ0n) is 14.2. The van der Waals surface area contributed by atoms with Crippen LogP contribution in [0.5, 0.6) is 5.75 Å². The summed E-state index contributed by atoms with van der Waals surface area (Å²) in [5.74, 6) is 0.795. The number of hydrogen-bond acceptors (Lipinski definition) is 3. The number of carbonyl (C=O) groups excluding carboxylic acids is 1. The number of carbonyl (C=O) groups is 1. The molecule has 0 spiro atoms. The van der Waals surface area contributed by atoms with Crippen LogP contribution in [0.1, 0.15) is 46.0 Å². The molecule has 4 nitrogen and oxygen atoms in total. The third-order valence-corrected chi connectivity index (χ3v) is 3.84. The standard InChI is InChI=1S/C19H28N2O2/c1-15(2)23-18-11-7-6-10-17(18)21-14-19(22)20-13-12-16-8-4-3-5-9-16/h6-8,10-11,15,21H,3-5,9,12-14H2,1-2H3,(H,20,22). The van der Waals surface area contributed by atoms with E-state index in [1.54, 1.807) is 0 Å². The zero-order chi connectivity index (χ0) is 16.5. The SMILES string of the molecule is CC(C)Oc1ccccc1NCC(=O)NCCC1=CCCCC1. The summed E-state index contributed by atoms with van der Waals surface area (Å²) >= 11 is 0. The maximum absolute atomic E-state index is 12.0. The van der Waals surface area contributed by atoms with E-state index in [0.717, 1.165) is 24.4 Å². The first-order chi connectivity index (χ1) is 11.1. The quantitative estimate of drug-likeness (QED) is 0.715. The van der Waals surface area contributed by atoms with E-state index < -0.39 is 0 Å². The van der Waals surface area contributed by atoms with E-state index in [9.17, 15) is 4.79 Å². The van der Waals surface area contributed by atoms with Gasteiger partial charge in [0.2, 0.25) is 5.91 Å². The number of ether oxygens (including phenoxy) is 1. The first-order valence-electron chi connectivity index (χ1n) is 8.59. The average molecular weight is 316 g/mol. The summed E-state index contributed by atoms with van der Waals surface area (Å²) < 4.78 is 5.74. The van der Waals surface area contributed by atoms with Gasteiger partial charge in [0.15, 0.2) is 0 Å². The third kappa shape index (κ3) is 6.35. The molecule has 0 aromatic heterocycles. The maximum Gasteiger partial charge on any atom is 0.239 e. The Morgan fingerprint density at radius 1 is 1.26 bits per heavy atom. The van der Waals surface area contributed by atoms with Gasteiger partial charge in [-0.25, -0.2) is 0 Å². The Kier molecular flexibility index (Phi) is 6.98. The number of para-hydroxylation sites is 2. The molecule has 0 saturated carbocycles. The van der Waals surface area contributed by atoms with Crippen molar-refractivity contribution < 1.29 is 9.53 Å². The van der Waals surface area contributed by atoms with Crippen molar-refractivity contribution in [3.8, 4) is 5.75 Å². The van der Waals surface area contributed by atoms with Gasteiger partial charge in [0, 0.05) is 6.54 Å². The zero-order valence-corrected chi connectivity index (χ0v) is 14.2. The number of amides is 1. The molecule has 0 bridgehead atoms. The van der Waals surface area contributed by atoms with Crippen LogP contribution in [0, 0.1) is 0 Å². The minimum absolute atomic E-state index is 0.0146. The number of nitrogens with one attached hydrogen (secondary N) is 2. The summed E-state index contributed by atoms with van der Waals surface area (Å²) in [6, 6.07) is 7.71. The van der Waals surface area contributed by atoms with Gasteiger partial charge in [0.25, 0.3) is 0 Å². The van der Waals surface area contributed by atoms with Crippen LogP contribution in [0.2, 0.25) is 0 Å². The predicted octanol–water partition coefficient (Wildman–Crippen LogP) is 3.89. The highest BCUT2D eigenvalue weighted by Crippen LogP contribution is 2.24.